The summed E-state index contributed by atoms with van der Waals surface area (Å²) in [6, 6.07) is 0.456. The van der Waals surface area contributed by atoms with Gasteiger partial charge >= 0.3 is 0 Å². The van der Waals surface area contributed by atoms with Crippen LogP contribution in [-0.4, -0.2) is 43.7 Å². The van der Waals surface area contributed by atoms with Crippen LogP contribution in [0.1, 0.15) is 41.3 Å². The number of hydrogen-bond donors (Lipinski definition) is 1. The van der Waals surface area contributed by atoms with Crippen LogP contribution < -0.4 is 4.72 Å². The van der Waals surface area contributed by atoms with Crippen molar-refractivity contribution in [2.45, 2.75) is 52.1 Å². The van der Waals surface area contributed by atoms with Crippen molar-refractivity contribution in [3.05, 3.63) is 15.6 Å². The summed E-state index contributed by atoms with van der Waals surface area (Å²) in [6.07, 6.45) is 5.69. The standard InChI is InChI=1S/C14H25N3O2S2/c1-11-12(2)20-14(16-11)10-17-9-5-4-6-13(17)7-8-15-21(3,18)19/h13,15H,4-10H2,1-3H3. The van der Waals surface area contributed by atoms with Crippen molar-refractivity contribution in [3.8, 4) is 0 Å². The average molecular weight is 332 g/mol. The zero-order valence-corrected chi connectivity index (χ0v) is 14.7. The molecule has 1 aliphatic heterocycles. The Bertz CT molecular complexity index is 549. The highest BCUT2D eigenvalue weighted by molar-refractivity contribution is 7.88. The van der Waals surface area contributed by atoms with Crippen LogP contribution in [0.3, 0.4) is 0 Å². The third-order valence-electron chi connectivity index (χ3n) is 4.00. The summed E-state index contributed by atoms with van der Waals surface area (Å²) in [5.74, 6) is 0. The lowest BCUT2D eigenvalue weighted by Gasteiger charge is -2.35. The van der Waals surface area contributed by atoms with E-state index in [1.807, 2.05) is 0 Å². The highest BCUT2D eigenvalue weighted by atomic mass is 32.2. The van der Waals surface area contributed by atoms with Crippen molar-refractivity contribution in [2.24, 2.45) is 0 Å². The van der Waals surface area contributed by atoms with Gasteiger partial charge in [0.2, 0.25) is 10.0 Å². The Balaban J connectivity index is 1.92. The Morgan fingerprint density at radius 2 is 2.14 bits per heavy atom. The second-order valence-corrected chi connectivity index (χ2v) is 8.95. The fraction of sp³-hybridized carbons (Fsp3) is 0.786. The van der Waals surface area contributed by atoms with Crippen molar-refractivity contribution in [2.75, 3.05) is 19.3 Å². The Morgan fingerprint density at radius 1 is 1.38 bits per heavy atom. The maximum atomic E-state index is 11.2. The fourth-order valence-corrected chi connectivity index (χ4v) is 4.23. The largest absolute Gasteiger partial charge is 0.294 e. The lowest BCUT2D eigenvalue weighted by Crippen LogP contribution is -2.41. The number of nitrogens with one attached hydrogen (secondary N) is 1. The van der Waals surface area contributed by atoms with E-state index in [1.165, 1.54) is 29.0 Å². The first-order valence-electron chi connectivity index (χ1n) is 7.47. The van der Waals surface area contributed by atoms with Crippen molar-refractivity contribution >= 4 is 21.4 Å². The summed E-state index contributed by atoms with van der Waals surface area (Å²) in [7, 11) is -3.08. The van der Waals surface area contributed by atoms with Crippen LogP contribution in [0.15, 0.2) is 0 Å². The van der Waals surface area contributed by atoms with Crippen LogP contribution in [0, 0.1) is 13.8 Å². The molecular formula is C14H25N3O2S2. The number of rotatable bonds is 6. The number of thiazole rings is 1. The van der Waals surface area contributed by atoms with Crippen molar-refractivity contribution < 1.29 is 8.42 Å². The zero-order chi connectivity index (χ0) is 15.5. The highest BCUT2D eigenvalue weighted by Gasteiger charge is 2.23. The smallest absolute Gasteiger partial charge is 0.208 e. The molecule has 0 radical (unpaired) electrons. The molecule has 1 N–H and O–H groups in total. The molecule has 1 unspecified atom stereocenters. The van der Waals surface area contributed by atoms with Crippen LogP contribution in [0.2, 0.25) is 0 Å². The van der Waals surface area contributed by atoms with Gasteiger partial charge in [0, 0.05) is 17.5 Å². The topological polar surface area (TPSA) is 62.3 Å². The number of nitrogens with zero attached hydrogens (tertiary/aromatic N) is 2. The molecule has 1 fully saturated rings. The minimum atomic E-state index is -3.08. The molecule has 1 aliphatic rings. The zero-order valence-electron chi connectivity index (χ0n) is 13.1. The van der Waals surface area contributed by atoms with Crippen LogP contribution in [-0.2, 0) is 16.6 Å². The average Bonchev–Trinajstić information content (AvgIpc) is 2.69. The van der Waals surface area contributed by atoms with Gasteiger partial charge in [-0.15, -0.1) is 11.3 Å². The van der Waals surface area contributed by atoms with Gasteiger partial charge in [-0.3, -0.25) is 4.90 Å². The predicted octanol–water partition coefficient (Wildman–Crippen LogP) is 2.05. The van der Waals surface area contributed by atoms with Gasteiger partial charge in [0.1, 0.15) is 5.01 Å². The lowest BCUT2D eigenvalue weighted by molar-refractivity contribution is 0.133. The van der Waals surface area contributed by atoms with Gasteiger partial charge < -0.3 is 0 Å². The summed E-state index contributed by atoms with van der Waals surface area (Å²) < 4.78 is 24.9. The molecule has 0 spiro atoms. The molecule has 21 heavy (non-hydrogen) atoms. The molecular weight excluding hydrogens is 306 g/mol. The number of sulfonamides is 1. The molecule has 120 valence electrons. The fourth-order valence-electron chi connectivity index (χ4n) is 2.79. The van der Waals surface area contributed by atoms with Crippen molar-refractivity contribution in [1.29, 1.82) is 0 Å². The quantitative estimate of drug-likeness (QED) is 0.867. The predicted molar refractivity (Wildman–Crippen MR) is 87.1 cm³/mol. The molecule has 5 nitrogen and oxygen atoms in total. The minimum absolute atomic E-state index is 0.456. The minimum Gasteiger partial charge on any atom is -0.294 e. The third-order valence-corrected chi connectivity index (χ3v) is 5.79. The lowest BCUT2D eigenvalue weighted by atomic mass is 9.99. The molecule has 0 amide bonds. The summed E-state index contributed by atoms with van der Waals surface area (Å²) in [4.78, 5) is 8.38. The molecule has 0 aliphatic carbocycles. The normalized spacial score (nSPS) is 20.8. The molecule has 1 saturated heterocycles. The molecule has 2 heterocycles. The van der Waals surface area contributed by atoms with Crippen LogP contribution in [0.4, 0.5) is 0 Å². The molecule has 0 aromatic carbocycles. The first-order valence-corrected chi connectivity index (χ1v) is 10.2. The van der Waals surface area contributed by atoms with Gasteiger partial charge in [-0.2, -0.15) is 0 Å². The number of aromatic nitrogens is 1. The summed E-state index contributed by atoms with van der Waals surface area (Å²) >= 11 is 1.77. The molecule has 2 rings (SSSR count). The third kappa shape index (κ3) is 5.32. The Kier molecular flexibility index (Phi) is 5.76. The second kappa shape index (κ2) is 7.17. The highest BCUT2D eigenvalue weighted by Crippen LogP contribution is 2.24. The number of hydrogen-bond acceptors (Lipinski definition) is 5. The Hall–Kier alpha value is -0.500. The van der Waals surface area contributed by atoms with Gasteiger partial charge in [0.25, 0.3) is 0 Å². The summed E-state index contributed by atoms with van der Waals surface area (Å²) in [5, 5.41) is 1.17. The number of likely N-dealkylation sites (tertiary alicyclic amines) is 1. The van der Waals surface area contributed by atoms with Crippen LogP contribution in [0.25, 0.3) is 0 Å². The molecule has 7 heteroatoms. The van der Waals surface area contributed by atoms with E-state index in [0.29, 0.717) is 12.6 Å². The van der Waals surface area contributed by atoms with Gasteiger partial charge in [0.05, 0.1) is 18.5 Å². The first kappa shape index (κ1) is 16.9. The second-order valence-electron chi connectivity index (χ2n) is 5.82. The molecule has 0 bridgehead atoms. The van der Waals surface area contributed by atoms with E-state index >= 15 is 0 Å². The van der Waals surface area contributed by atoms with Gasteiger partial charge in [-0.25, -0.2) is 18.1 Å². The summed E-state index contributed by atoms with van der Waals surface area (Å²) in [6.45, 7) is 6.67. The van der Waals surface area contributed by atoms with E-state index in [0.717, 1.165) is 31.6 Å². The van der Waals surface area contributed by atoms with E-state index in [9.17, 15) is 8.42 Å². The Labute approximate surface area is 131 Å². The molecule has 1 aromatic heterocycles. The van der Waals surface area contributed by atoms with Crippen molar-refractivity contribution in [1.82, 2.24) is 14.6 Å². The first-order chi connectivity index (χ1) is 9.85. The maximum absolute atomic E-state index is 11.2. The van der Waals surface area contributed by atoms with E-state index in [4.69, 9.17) is 0 Å². The monoisotopic (exact) mass is 331 g/mol. The molecule has 0 saturated carbocycles. The van der Waals surface area contributed by atoms with E-state index in [2.05, 4.69) is 28.5 Å². The van der Waals surface area contributed by atoms with E-state index < -0.39 is 10.0 Å². The van der Waals surface area contributed by atoms with Gasteiger partial charge in [0.15, 0.2) is 0 Å². The SMILES string of the molecule is Cc1nc(CN2CCCCC2CCNS(C)(=O)=O)sc1C. The van der Waals surface area contributed by atoms with E-state index in [1.54, 1.807) is 11.3 Å². The summed E-state index contributed by atoms with van der Waals surface area (Å²) in [5.41, 5.74) is 1.13. The Morgan fingerprint density at radius 3 is 2.76 bits per heavy atom. The van der Waals surface area contributed by atoms with E-state index in [-0.39, 0.29) is 0 Å². The molecule has 1 atom stereocenters. The van der Waals surface area contributed by atoms with Crippen LogP contribution >= 0.6 is 11.3 Å². The van der Waals surface area contributed by atoms with Crippen molar-refractivity contribution in [3.63, 3.8) is 0 Å². The maximum Gasteiger partial charge on any atom is 0.208 e. The molecule has 1 aromatic rings. The number of aryl methyl sites for hydroxylation is 2. The number of piperidine rings is 1. The van der Waals surface area contributed by atoms with Crippen LogP contribution in [0.5, 0.6) is 0 Å². The van der Waals surface area contributed by atoms with Gasteiger partial charge in [-0.05, 0) is 39.7 Å². The van der Waals surface area contributed by atoms with Gasteiger partial charge in [-0.1, -0.05) is 6.42 Å².